The average molecular weight is 636 g/mol. The standard InChI is InChI=1S/C37H53N3O6/c1-10-12-19-26(41)31(43)24(16-11-2)20-27(42)30-28-25(37(28,8)9)21-40(30)34(45)33(36(5,6)7)39-35(46)38-29(22(3)4)32(44)23-17-14-13-15-18-23/h10,13-15,17-18,22,24-25,28-30,33H,1,11-12,16,19-21H2,2-9H3,(H2,38,39,46)/t24?,25-,28-,29-,30+,33+/m0/s1. The van der Waals surface area contributed by atoms with Crippen LogP contribution >= 0.6 is 0 Å². The second-order valence-electron chi connectivity index (χ2n) is 15.0. The summed E-state index contributed by atoms with van der Waals surface area (Å²) in [5.74, 6) is -2.75. The summed E-state index contributed by atoms with van der Waals surface area (Å²) in [6.45, 7) is 19.3. The van der Waals surface area contributed by atoms with Crippen LogP contribution in [-0.2, 0) is 19.2 Å². The Morgan fingerprint density at radius 1 is 1.04 bits per heavy atom. The van der Waals surface area contributed by atoms with Gasteiger partial charge in [0.25, 0.3) is 0 Å². The molecule has 0 spiro atoms. The fourth-order valence-electron chi connectivity index (χ4n) is 6.95. The van der Waals surface area contributed by atoms with Crippen LogP contribution in [0.5, 0.6) is 0 Å². The van der Waals surface area contributed by atoms with Crippen molar-refractivity contribution >= 4 is 35.1 Å². The predicted octanol–water partition coefficient (Wildman–Crippen LogP) is 5.57. The van der Waals surface area contributed by atoms with Crippen LogP contribution in [-0.4, -0.2) is 64.6 Å². The van der Waals surface area contributed by atoms with E-state index >= 15 is 0 Å². The van der Waals surface area contributed by atoms with Crippen molar-refractivity contribution in [3.05, 3.63) is 48.6 Å². The van der Waals surface area contributed by atoms with Gasteiger partial charge in [-0.3, -0.25) is 24.0 Å². The number of nitrogens with one attached hydrogen (secondary N) is 2. The number of allylic oxidation sites excluding steroid dienone is 1. The zero-order chi connectivity index (χ0) is 34.6. The van der Waals surface area contributed by atoms with E-state index in [4.69, 9.17) is 0 Å². The number of urea groups is 1. The lowest BCUT2D eigenvalue weighted by Gasteiger charge is -2.38. The van der Waals surface area contributed by atoms with Crippen molar-refractivity contribution < 1.29 is 28.8 Å². The second-order valence-corrected chi connectivity index (χ2v) is 15.0. The van der Waals surface area contributed by atoms with Crippen LogP contribution in [0.2, 0.25) is 0 Å². The van der Waals surface area contributed by atoms with Gasteiger partial charge in [0.05, 0.1) is 12.1 Å². The topological polar surface area (TPSA) is 130 Å². The average Bonchev–Trinajstić information content (AvgIpc) is 3.30. The molecule has 0 radical (unpaired) electrons. The predicted molar refractivity (Wildman–Crippen MR) is 178 cm³/mol. The first kappa shape index (κ1) is 36.8. The van der Waals surface area contributed by atoms with Gasteiger partial charge < -0.3 is 15.5 Å². The molecule has 1 aromatic rings. The van der Waals surface area contributed by atoms with Crippen LogP contribution in [0.25, 0.3) is 0 Å². The van der Waals surface area contributed by atoms with E-state index in [-0.39, 0.29) is 53.5 Å². The number of likely N-dealkylation sites (tertiary alicyclic amines) is 1. The number of rotatable bonds is 16. The first-order valence-corrected chi connectivity index (χ1v) is 16.6. The third-order valence-electron chi connectivity index (χ3n) is 9.81. The van der Waals surface area contributed by atoms with Crippen molar-refractivity contribution in [2.75, 3.05) is 6.54 Å². The Bertz CT molecular complexity index is 1330. The fraction of sp³-hybridized carbons (Fsp3) is 0.622. The molecule has 0 aromatic heterocycles. The van der Waals surface area contributed by atoms with E-state index in [1.165, 1.54) is 0 Å². The van der Waals surface area contributed by atoms with E-state index < -0.39 is 47.1 Å². The highest BCUT2D eigenvalue weighted by Crippen LogP contribution is 2.65. The van der Waals surface area contributed by atoms with Gasteiger partial charge in [-0.2, -0.15) is 0 Å². The van der Waals surface area contributed by atoms with Crippen molar-refractivity contribution in [3.8, 4) is 0 Å². The molecule has 1 aliphatic carbocycles. The molecule has 9 nitrogen and oxygen atoms in total. The number of fused-ring (bicyclic) bond motifs is 1. The number of carbonyl (C=O) groups is 6. The largest absolute Gasteiger partial charge is 0.330 e. The Labute approximate surface area is 274 Å². The van der Waals surface area contributed by atoms with E-state index in [0.29, 0.717) is 31.4 Å². The summed E-state index contributed by atoms with van der Waals surface area (Å²) < 4.78 is 0. The maximum Gasteiger partial charge on any atom is 0.316 e. The molecule has 2 fully saturated rings. The van der Waals surface area contributed by atoms with E-state index in [2.05, 4.69) is 31.1 Å². The lowest BCUT2D eigenvalue weighted by molar-refractivity contribution is -0.144. The van der Waals surface area contributed by atoms with Crippen LogP contribution in [0.4, 0.5) is 4.79 Å². The molecule has 0 bridgehead atoms. The summed E-state index contributed by atoms with van der Waals surface area (Å²) in [6.07, 6.45) is 3.00. The van der Waals surface area contributed by atoms with Gasteiger partial charge >= 0.3 is 6.03 Å². The summed E-state index contributed by atoms with van der Waals surface area (Å²) in [5, 5.41) is 5.63. The van der Waals surface area contributed by atoms with Crippen LogP contribution < -0.4 is 10.6 Å². The highest BCUT2D eigenvalue weighted by molar-refractivity contribution is 6.38. The van der Waals surface area contributed by atoms with E-state index in [9.17, 15) is 28.8 Å². The summed E-state index contributed by atoms with van der Waals surface area (Å²) >= 11 is 0. The van der Waals surface area contributed by atoms with E-state index in [1.54, 1.807) is 35.2 Å². The normalized spacial score (nSPS) is 21.8. The fourth-order valence-corrected chi connectivity index (χ4v) is 6.95. The lowest BCUT2D eigenvalue weighted by Crippen LogP contribution is -2.61. The van der Waals surface area contributed by atoms with Crippen LogP contribution in [0.15, 0.2) is 43.0 Å². The van der Waals surface area contributed by atoms with E-state index in [0.717, 1.165) is 0 Å². The number of hydrogen-bond donors (Lipinski definition) is 2. The number of Topliss-reactive ketones (excluding diaryl/α,β-unsaturated/α-hetero) is 4. The van der Waals surface area contributed by atoms with E-state index in [1.807, 2.05) is 47.6 Å². The van der Waals surface area contributed by atoms with Gasteiger partial charge in [-0.25, -0.2) is 4.79 Å². The smallest absolute Gasteiger partial charge is 0.316 e. The molecule has 46 heavy (non-hydrogen) atoms. The van der Waals surface area contributed by atoms with Gasteiger partial charge in [-0.15, -0.1) is 6.58 Å². The van der Waals surface area contributed by atoms with Crippen LogP contribution in [0, 0.1) is 34.5 Å². The minimum atomic E-state index is -0.989. The van der Waals surface area contributed by atoms with Crippen molar-refractivity contribution in [2.24, 2.45) is 34.5 Å². The van der Waals surface area contributed by atoms with Crippen LogP contribution in [0.3, 0.4) is 0 Å². The number of piperidine rings is 1. The van der Waals surface area contributed by atoms with Gasteiger partial charge in [-0.1, -0.05) is 98.2 Å². The maximum absolute atomic E-state index is 14.3. The molecule has 1 aliphatic heterocycles. The zero-order valence-electron chi connectivity index (χ0n) is 28.9. The molecule has 3 rings (SSSR count). The van der Waals surface area contributed by atoms with Crippen LogP contribution in [0.1, 0.15) is 97.9 Å². The SMILES string of the molecule is C=CCCC(=O)C(=O)C(CCC)CC(=O)[C@@H]1[C@@H]2[C@H](CN1C(=O)[C@@H](NC(=O)N[C@H](C(=O)c1ccccc1)C(C)C)C(C)(C)C)C2(C)C. The summed E-state index contributed by atoms with van der Waals surface area (Å²) in [5.41, 5.74) is -0.391. The quantitative estimate of drug-likeness (QED) is 0.139. The van der Waals surface area contributed by atoms with Gasteiger partial charge in [0, 0.05) is 30.9 Å². The van der Waals surface area contributed by atoms with Gasteiger partial charge in [0.1, 0.15) is 6.04 Å². The molecule has 1 saturated heterocycles. The molecule has 9 heteroatoms. The molecule has 6 atom stereocenters. The molecule has 252 valence electrons. The second kappa shape index (κ2) is 14.9. The van der Waals surface area contributed by atoms with Crippen molar-refractivity contribution in [3.63, 3.8) is 0 Å². The highest BCUT2D eigenvalue weighted by Gasteiger charge is 2.69. The number of carbonyl (C=O) groups excluding carboxylic acids is 6. The van der Waals surface area contributed by atoms with Gasteiger partial charge in [-0.05, 0) is 41.4 Å². The maximum atomic E-state index is 14.3. The molecule has 2 N–H and O–H groups in total. The summed E-state index contributed by atoms with van der Waals surface area (Å²) in [6, 6.07) is 5.55. The molecule has 1 aromatic carbocycles. The Hall–Kier alpha value is -3.62. The molecule has 1 heterocycles. The monoisotopic (exact) mass is 635 g/mol. The minimum Gasteiger partial charge on any atom is -0.330 e. The number of hydrogen-bond acceptors (Lipinski definition) is 6. The molecule has 1 saturated carbocycles. The number of benzene rings is 1. The Balaban J connectivity index is 1.82. The summed E-state index contributed by atoms with van der Waals surface area (Å²) in [4.78, 5) is 82.2. The van der Waals surface area contributed by atoms with Gasteiger partial charge in [0.2, 0.25) is 11.7 Å². The van der Waals surface area contributed by atoms with Crippen molar-refractivity contribution in [2.45, 2.75) is 106 Å². The first-order chi connectivity index (χ1) is 21.5. The third kappa shape index (κ3) is 8.20. The third-order valence-corrected chi connectivity index (χ3v) is 9.81. The Morgan fingerprint density at radius 2 is 1.67 bits per heavy atom. The Kier molecular flexibility index (Phi) is 11.9. The highest BCUT2D eigenvalue weighted by atomic mass is 16.2. The number of ketones is 4. The first-order valence-electron chi connectivity index (χ1n) is 16.6. The number of nitrogens with zero attached hydrogens (tertiary/aromatic N) is 1. The zero-order valence-corrected chi connectivity index (χ0v) is 28.9. The van der Waals surface area contributed by atoms with Crippen molar-refractivity contribution in [1.82, 2.24) is 15.5 Å². The number of amides is 3. The molecule has 2 aliphatic rings. The lowest BCUT2D eigenvalue weighted by atomic mass is 9.83. The molecular formula is C37H53N3O6. The molecule has 1 unspecified atom stereocenters. The summed E-state index contributed by atoms with van der Waals surface area (Å²) in [7, 11) is 0. The molecule has 3 amide bonds. The van der Waals surface area contributed by atoms with Crippen molar-refractivity contribution in [1.29, 1.82) is 0 Å². The molecular weight excluding hydrogens is 582 g/mol. The van der Waals surface area contributed by atoms with Gasteiger partial charge in [0.15, 0.2) is 17.3 Å². The Morgan fingerprint density at radius 3 is 2.22 bits per heavy atom. The minimum absolute atomic E-state index is 0.0676.